The van der Waals surface area contributed by atoms with Gasteiger partial charge in [-0.15, -0.1) is 0 Å². The fourth-order valence-corrected chi connectivity index (χ4v) is 3.95. The highest BCUT2D eigenvalue weighted by Crippen LogP contribution is 2.23. The van der Waals surface area contributed by atoms with Gasteiger partial charge < -0.3 is 10.7 Å². The Labute approximate surface area is 108 Å². The van der Waals surface area contributed by atoms with E-state index in [1.807, 2.05) is 6.92 Å². The smallest absolute Gasteiger partial charge is 0.260 e. The quantitative estimate of drug-likeness (QED) is 0.833. The average Bonchev–Trinajstić information content (AvgIpc) is 2.88. The van der Waals surface area contributed by atoms with Gasteiger partial charge in [-0.05, 0) is 12.8 Å². The Morgan fingerprint density at radius 2 is 2.33 bits per heavy atom. The zero-order chi connectivity index (χ0) is 13.2. The van der Waals surface area contributed by atoms with Crippen LogP contribution in [0.5, 0.6) is 0 Å². The van der Waals surface area contributed by atoms with Gasteiger partial charge in [0, 0.05) is 25.6 Å². The first kappa shape index (κ1) is 13.5. The van der Waals surface area contributed by atoms with Crippen LogP contribution in [0.25, 0.3) is 0 Å². The van der Waals surface area contributed by atoms with E-state index in [-0.39, 0.29) is 11.1 Å². The number of nitrogens with two attached hydrogens (primary N) is 1. The van der Waals surface area contributed by atoms with E-state index in [0.29, 0.717) is 25.3 Å². The van der Waals surface area contributed by atoms with Crippen molar-refractivity contribution in [3.05, 3.63) is 12.0 Å². The summed E-state index contributed by atoms with van der Waals surface area (Å²) in [5.41, 5.74) is 5.67. The van der Waals surface area contributed by atoms with E-state index in [0.717, 1.165) is 19.3 Å². The summed E-state index contributed by atoms with van der Waals surface area (Å²) in [4.78, 5) is 6.92. The van der Waals surface area contributed by atoms with Crippen LogP contribution in [0.4, 0.5) is 0 Å². The van der Waals surface area contributed by atoms with Crippen LogP contribution in [0.2, 0.25) is 0 Å². The van der Waals surface area contributed by atoms with E-state index >= 15 is 0 Å². The molecule has 1 atom stereocenters. The van der Waals surface area contributed by atoms with Crippen molar-refractivity contribution in [2.24, 2.45) is 5.73 Å². The number of aromatic amines is 1. The van der Waals surface area contributed by atoms with Crippen LogP contribution in [0.1, 0.15) is 32.0 Å². The molecule has 0 saturated carbocycles. The lowest BCUT2D eigenvalue weighted by Gasteiger charge is -2.33. The summed E-state index contributed by atoms with van der Waals surface area (Å²) < 4.78 is 26.5. The maximum absolute atomic E-state index is 12.5. The fraction of sp³-hybridized carbons (Fsp3) is 0.727. The van der Waals surface area contributed by atoms with Gasteiger partial charge in [-0.25, -0.2) is 13.4 Å². The Hall–Kier alpha value is -0.920. The number of rotatable bonds is 4. The van der Waals surface area contributed by atoms with Crippen LogP contribution >= 0.6 is 0 Å². The second kappa shape index (κ2) is 5.38. The second-order valence-corrected chi connectivity index (χ2v) is 6.41. The first-order chi connectivity index (χ1) is 8.59. The molecule has 0 aliphatic carbocycles. The lowest BCUT2D eigenvalue weighted by atomic mass is 10.1. The summed E-state index contributed by atoms with van der Waals surface area (Å²) in [6.07, 6.45) is 4.86. The molecule has 1 fully saturated rings. The van der Waals surface area contributed by atoms with Gasteiger partial charge in [-0.1, -0.05) is 13.3 Å². The zero-order valence-electron chi connectivity index (χ0n) is 10.6. The summed E-state index contributed by atoms with van der Waals surface area (Å²) in [5, 5.41) is 0.180. The molecular weight excluding hydrogens is 252 g/mol. The third-order valence-corrected chi connectivity index (χ3v) is 5.23. The van der Waals surface area contributed by atoms with Crippen LogP contribution in [0, 0.1) is 0 Å². The molecule has 102 valence electrons. The van der Waals surface area contributed by atoms with Crippen LogP contribution in [-0.4, -0.2) is 41.8 Å². The highest BCUT2D eigenvalue weighted by Gasteiger charge is 2.33. The Morgan fingerprint density at radius 1 is 1.56 bits per heavy atom. The van der Waals surface area contributed by atoms with Crippen molar-refractivity contribution in [3.8, 4) is 0 Å². The molecule has 1 unspecified atom stereocenters. The van der Waals surface area contributed by atoms with Crippen LogP contribution in [0.15, 0.2) is 11.2 Å². The largest absolute Gasteiger partial charge is 0.332 e. The molecule has 0 spiro atoms. The maximum atomic E-state index is 12.5. The van der Waals surface area contributed by atoms with Crippen molar-refractivity contribution < 1.29 is 8.42 Å². The van der Waals surface area contributed by atoms with Gasteiger partial charge >= 0.3 is 0 Å². The third kappa shape index (κ3) is 2.43. The number of hydrogen-bond acceptors (Lipinski definition) is 4. The van der Waals surface area contributed by atoms with E-state index in [9.17, 15) is 8.42 Å². The first-order valence-corrected chi connectivity index (χ1v) is 7.79. The van der Waals surface area contributed by atoms with Crippen LogP contribution < -0.4 is 5.73 Å². The Kier molecular flexibility index (Phi) is 4.04. The van der Waals surface area contributed by atoms with Crippen molar-refractivity contribution >= 4 is 10.0 Å². The van der Waals surface area contributed by atoms with Crippen molar-refractivity contribution in [2.75, 3.05) is 13.1 Å². The standard InChI is InChI=1S/C11H20N4O2S/c1-2-10-13-8-11(14-10)18(16,17)15-6-4-3-5-9(15)7-12/h8-9H,2-7,12H2,1H3,(H,13,14). The van der Waals surface area contributed by atoms with E-state index in [1.54, 1.807) is 0 Å². The highest BCUT2D eigenvalue weighted by atomic mass is 32.2. The average molecular weight is 272 g/mol. The summed E-state index contributed by atoms with van der Waals surface area (Å²) in [5.74, 6) is 0.690. The molecule has 1 saturated heterocycles. The molecule has 6 nitrogen and oxygen atoms in total. The Morgan fingerprint density at radius 3 is 2.94 bits per heavy atom. The minimum atomic E-state index is -3.48. The molecule has 0 aromatic carbocycles. The number of H-pyrrole nitrogens is 1. The number of piperidine rings is 1. The fourth-order valence-electron chi connectivity index (χ4n) is 2.31. The minimum absolute atomic E-state index is 0.0860. The molecule has 0 radical (unpaired) electrons. The number of aromatic nitrogens is 2. The molecule has 0 amide bonds. The van der Waals surface area contributed by atoms with Gasteiger partial charge in [0.05, 0.1) is 6.20 Å². The van der Waals surface area contributed by atoms with Gasteiger partial charge in [0.15, 0.2) is 5.03 Å². The molecule has 2 heterocycles. The summed E-state index contributed by atoms with van der Waals surface area (Å²) in [6.45, 7) is 2.84. The molecule has 18 heavy (non-hydrogen) atoms. The highest BCUT2D eigenvalue weighted by molar-refractivity contribution is 7.89. The Balaban J connectivity index is 2.28. The van der Waals surface area contributed by atoms with Crippen LogP contribution in [0.3, 0.4) is 0 Å². The molecule has 1 aliphatic heterocycles. The SMILES string of the molecule is CCc1ncc(S(=O)(=O)N2CCCCC2CN)[nH]1. The number of sulfonamides is 1. The number of nitrogens with zero attached hydrogens (tertiary/aromatic N) is 2. The first-order valence-electron chi connectivity index (χ1n) is 6.35. The summed E-state index contributed by atoms with van der Waals surface area (Å²) in [7, 11) is -3.48. The molecule has 3 N–H and O–H groups in total. The predicted molar refractivity (Wildman–Crippen MR) is 68.6 cm³/mol. The number of imidazole rings is 1. The molecule has 1 aromatic rings. The molecule has 7 heteroatoms. The van der Waals surface area contributed by atoms with Crippen molar-refractivity contribution in [1.29, 1.82) is 0 Å². The zero-order valence-corrected chi connectivity index (χ0v) is 11.4. The van der Waals surface area contributed by atoms with Gasteiger partial charge in [-0.2, -0.15) is 4.31 Å². The predicted octanol–water partition coefficient (Wildman–Crippen LogP) is 0.474. The van der Waals surface area contributed by atoms with Crippen molar-refractivity contribution in [1.82, 2.24) is 14.3 Å². The van der Waals surface area contributed by atoms with Gasteiger partial charge in [-0.3, -0.25) is 0 Å². The molecule has 2 rings (SSSR count). The number of nitrogens with one attached hydrogen (secondary N) is 1. The van der Waals surface area contributed by atoms with Crippen molar-refractivity contribution in [3.63, 3.8) is 0 Å². The lowest BCUT2D eigenvalue weighted by molar-refractivity contribution is 0.257. The minimum Gasteiger partial charge on any atom is -0.332 e. The normalized spacial score (nSPS) is 22.2. The topological polar surface area (TPSA) is 92.1 Å². The third-order valence-electron chi connectivity index (χ3n) is 3.37. The molecule has 1 aromatic heterocycles. The van der Waals surface area contributed by atoms with Gasteiger partial charge in [0.25, 0.3) is 10.0 Å². The van der Waals surface area contributed by atoms with Gasteiger partial charge in [0.1, 0.15) is 5.82 Å². The van der Waals surface area contributed by atoms with Gasteiger partial charge in [0.2, 0.25) is 0 Å². The second-order valence-electron chi connectivity index (χ2n) is 4.55. The van der Waals surface area contributed by atoms with E-state index in [1.165, 1.54) is 10.5 Å². The summed E-state index contributed by atoms with van der Waals surface area (Å²) >= 11 is 0. The van der Waals surface area contributed by atoms with Crippen LogP contribution in [-0.2, 0) is 16.4 Å². The molecule has 0 bridgehead atoms. The monoisotopic (exact) mass is 272 g/mol. The maximum Gasteiger partial charge on any atom is 0.260 e. The molecular formula is C11H20N4O2S. The van der Waals surface area contributed by atoms with Crippen molar-refractivity contribution in [2.45, 2.75) is 43.7 Å². The summed E-state index contributed by atoms with van der Waals surface area (Å²) in [6, 6.07) is -0.0860. The van der Waals surface area contributed by atoms with E-state index in [4.69, 9.17) is 5.73 Å². The van der Waals surface area contributed by atoms with E-state index < -0.39 is 10.0 Å². The Bertz CT molecular complexity index is 497. The number of hydrogen-bond donors (Lipinski definition) is 2. The van der Waals surface area contributed by atoms with E-state index in [2.05, 4.69) is 9.97 Å². The molecule has 1 aliphatic rings. The lowest BCUT2D eigenvalue weighted by Crippen LogP contribution is -2.47. The number of aryl methyl sites for hydroxylation is 1.